The van der Waals surface area contributed by atoms with Gasteiger partial charge in [-0.05, 0) is 68.7 Å². The smallest absolute Gasteiger partial charge is 0.310 e. The van der Waals surface area contributed by atoms with Gasteiger partial charge in [-0.1, -0.05) is 13.8 Å². The lowest BCUT2D eigenvalue weighted by molar-refractivity contribution is -0.159. The Morgan fingerprint density at radius 1 is 0.641 bits per heavy atom. The number of hydrogen-bond acceptors (Lipinski definition) is 12. The highest BCUT2D eigenvalue weighted by molar-refractivity contribution is 5.73. The van der Waals surface area contributed by atoms with E-state index < -0.39 is 28.6 Å². The lowest BCUT2D eigenvalue weighted by atomic mass is 10.1. The first-order chi connectivity index (χ1) is 17.7. The zero-order chi connectivity index (χ0) is 30.0. The second-order valence-electron chi connectivity index (χ2n) is 12.6. The summed E-state index contributed by atoms with van der Waals surface area (Å²) in [6.07, 6.45) is 0.754. The van der Waals surface area contributed by atoms with Crippen LogP contribution in [0.5, 0.6) is 0 Å². The first-order valence-corrected chi connectivity index (χ1v) is 13.4. The third-order valence-corrected chi connectivity index (χ3v) is 4.65. The van der Waals surface area contributed by atoms with Crippen molar-refractivity contribution in [1.82, 2.24) is 15.0 Å². The number of nitrogens with zero attached hydrogens (tertiary/aromatic N) is 3. The van der Waals surface area contributed by atoms with Gasteiger partial charge < -0.3 is 30.2 Å². The predicted octanol–water partition coefficient (Wildman–Crippen LogP) is 4.18. The van der Waals surface area contributed by atoms with Gasteiger partial charge >= 0.3 is 17.9 Å². The van der Waals surface area contributed by atoms with Crippen molar-refractivity contribution in [3.8, 4) is 0 Å². The molecule has 12 heteroatoms. The molecule has 0 saturated carbocycles. The van der Waals surface area contributed by atoms with E-state index in [9.17, 15) is 14.4 Å². The van der Waals surface area contributed by atoms with E-state index in [1.807, 2.05) is 62.3 Å². The normalized spacial score (nSPS) is 13.6. The highest BCUT2D eigenvalue weighted by atomic mass is 16.6. The van der Waals surface area contributed by atoms with Crippen LogP contribution in [-0.4, -0.2) is 69.3 Å². The van der Waals surface area contributed by atoms with Gasteiger partial charge in [0.05, 0.1) is 11.8 Å². The maximum atomic E-state index is 12.3. The molecule has 1 aromatic heterocycles. The fraction of sp³-hybridized carbons (Fsp3) is 0.778. The molecule has 0 aliphatic rings. The molecule has 0 aliphatic heterocycles. The molecule has 0 radical (unpaired) electrons. The molecule has 0 spiro atoms. The SMILES string of the molecule is CC(CNc1nc(NCCCC(=O)OC(C)(C)C)nc(NCC(C)C(=O)OC(C)(C)C)n1)C(=O)OC(C)(C)C. The van der Waals surface area contributed by atoms with Crippen molar-refractivity contribution in [1.29, 1.82) is 0 Å². The third kappa shape index (κ3) is 15.7. The molecule has 1 aromatic rings. The fourth-order valence-corrected chi connectivity index (χ4v) is 2.90. The Bertz CT molecular complexity index is 909. The van der Waals surface area contributed by atoms with Crippen molar-refractivity contribution in [3.63, 3.8) is 0 Å². The molecule has 0 aliphatic carbocycles. The molecule has 0 aromatic carbocycles. The molecule has 1 heterocycles. The van der Waals surface area contributed by atoms with Crippen molar-refractivity contribution < 1.29 is 28.6 Å². The quantitative estimate of drug-likeness (QED) is 0.183. The number of aromatic nitrogens is 3. The topological polar surface area (TPSA) is 154 Å². The van der Waals surface area contributed by atoms with Gasteiger partial charge in [-0.25, -0.2) is 0 Å². The van der Waals surface area contributed by atoms with Crippen LogP contribution in [-0.2, 0) is 28.6 Å². The lowest BCUT2D eigenvalue weighted by Crippen LogP contribution is -2.31. The van der Waals surface area contributed by atoms with Crippen molar-refractivity contribution >= 4 is 35.8 Å². The fourth-order valence-electron chi connectivity index (χ4n) is 2.90. The number of carbonyl (C=O) groups excluding carboxylic acids is 3. The van der Waals surface area contributed by atoms with E-state index in [2.05, 4.69) is 30.9 Å². The van der Waals surface area contributed by atoms with E-state index in [4.69, 9.17) is 14.2 Å². The summed E-state index contributed by atoms with van der Waals surface area (Å²) in [5.74, 6) is -1.11. The minimum atomic E-state index is -0.586. The minimum Gasteiger partial charge on any atom is -0.460 e. The number of nitrogens with one attached hydrogen (secondary N) is 3. The zero-order valence-corrected chi connectivity index (χ0v) is 25.5. The Hall–Kier alpha value is -3.18. The third-order valence-electron chi connectivity index (χ3n) is 4.65. The number of anilines is 3. The van der Waals surface area contributed by atoms with Crippen LogP contribution in [0.3, 0.4) is 0 Å². The summed E-state index contributed by atoms with van der Waals surface area (Å²) in [6.45, 7) is 20.8. The average molecular weight is 553 g/mol. The first kappa shape index (κ1) is 33.8. The standard InChI is InChI=1S/C27H48N6O6/c1-17(20(35)38-26(6,7)8)15-29-23-31-22(28-14-12-13-19(34)37-25(3,4)5)32-24(33-23)30-16-18(2)21(36)39-27(9,10)11/h17-18H,12-16H2,1-11H3,(H3,28,29,30,31,32,33). The van der Waals surface area contributed by atoms with Crippen molar-refractivity contribution in [2.24, 2.45) is 11.8 Å². The zero-order valence-electron chi connectivity index (χ0n) is 25.5. The van der Waals surface area contributed by atoms with Gasteiger partial charge in [-0.3, -0.25) is 14.4 Å². The van der Waals surface area contributed by atoms with Crippen LogP contribution in [0.2, 0.25) is 0 Å². The van der Waals surface area contributed by atoms with Gasteiger partial charge in [-0.15, -0.1) is 0 Å². The summed E-state index contributed by atoms with van der Waals surface area (Å²) in [4.78, 5) is 49.8. The highest BCUT2D eigenvalue weighted by Gasteiger charge is 2.23. The molecule has 0 fully saturated rings. The first-order valence-electron chi connectivity index (χ1n) is 13.4. The number of rotatable bonds is 13. The van der Waals surface area contributed by atoms with Crippen LogP contribution in [0, 0.1) is 11.8 Å². The Morgan fingerprint density at radius 3 is 1.36 bits per heavy atom. The molecule has 1 rings (SSSR count). The van der Waals surface area contributed by atoms with E-state index in [-0.39, 0.29) is 55.3 Å². The highest BCUT2D eigenvalue weighted by Crippen LogP contribution is 2.16. The number of hydrogen-bond donors (Lipinski definition) is 3. The molecule has 222 valence electrons. The molecule has 0 bridgehead atoms. The Balaban J connectivity index is 2.89. The van der Waals surface area contributed by atoms with Crippen LogP contribution in [0.1, 0.15) is 89.0 Å². The van der Waals surface area contributed by atoms with Crippen LogP contribution in [0.15, 0.2) is 0 Å². The molecule has 3 N–H and O–H groups in total. The average Bonchev–Trinajstić information content (AvgIpc) is 2.75. The lowest BCUT2D eigenvalue weighted by Gasteiger charge is -2.22. The second-order valence-corrected chi connectivity index (χ2v) is 12.6. The van der Waals surface area contributed by atoms with Crippen molar-refractivity contribution in [3.05, 3.63) is 0 Å². The molecule has 39 heavy (non-hydrogen) atoms. The summed E-state index contributed by atoms with van der Waals surface area (Å²) in [7, 11) is 0. The summed E-state index contributed by atoms with van der Waals surface area (Å²) < 4.78 is 16.2. The Kier molecular flexibility index (Phi) is 12.4. The van der Waals surface area contributed by atoms with Crippen LogP contribution in [0.25, 0.3) is 0 Å². The maximum absolute atomic E-state index is 12.3. The van der Waals surface area contributed by atoms with Gasteiger partial charge in [0.15, 0.2) is 0 Å². The number of carbonyl (C=O) groups is 3. The Morgan fingerprint density at radius 2 is 1.00 bits per heavy atom. The van der Waals surface area contributed by atoms with Gasteiger partial charge in [-0.2, -0.15) is 15.0 Å². The summed E-state index contributed by atoms with van der Waals surface area (Å²) in [5, 5.41) is 9.21. The minimum absolute atomic E-state index is 0.238. The van der Waals surface area contributed by atoms with E-state index in [1.54, 1.807) is 13.8 Å². The van der Waals surface area contributed by atoms with Gasteiger partial charge in [0.1, 0.15) is 16.8 Å². The summed E-state index contributed by atoms with van der Waals surface area (Å²) in [5.41, 5.74) is -1.71. The predicted molar refractivity (Wildman–Crippen MR) is 150 cm³/mol. The molecule has 0 amide bonds. The van der Waals surface area contributed by atoms with E-state index in [0.29, 0.717) is 13.0 Å². The molecule has 0 saturated heterocycles. The number of ether oxygens (including phenoxy) is 3. The van der Waals surface area contributed by atoms with Crippen molar-refractivity contribution in [2.75, 3.05) is 35.6 Å². The van der Waals surface area contributed by atoms with E-state index >= 15 is 0 Å². The summed E-state index contributed by atoms with van der Waals surface area (Å²) in [6, 6.07) is 0. The van der Waals surface area contributed by atoms with Crippen LogP contribution in [0.4, 0.5) is 17.8 Å². The summed E-state index contributed by atoms with van der Waals surface area (Å²) >= 11 is 0. The van der Waals surface area contributed by atoms with E-state index in [0.717, 1.165) is 0 Å². The molecular formula is C27H48N6O6. The van der Waals surface area contributed by atoms with E-state index in [1.165, 1.54) is 0 Å². The Labute approximate surface area is 232 Å². The van der Waals surface area contributed by atoms with Crippen LogP contribution >= 0.6 is 0 Å². The largest absolute Gasteiger partial charge is 0.460 e. The molecule has 2 atom stereocenters. The molecule has 2 unspecified atom stereocenters. The monoisotopic (exact) mass is 552 g/mol. The van der Waals surface area contributed by atoms with Gasteiger partial charge in [0.2, 0.25) is 17.8 Å². The number of esters is 3. The van der Waals surface area contributed by atoms with Gasteiger partial charge in [0.25, 0.3) is 0 Å². The van der Waals surface area contributed by atoms with Crippen LogP contribution < -0.4 is 16.0 Å². The second kappa shape index (κ2) is 14.3. The maximum Gasteiger partial charge on any atom is 0.310 e. The van der Waals surface area contributed by atoms with Gasteiger partial charge in [0, 0.05) is 26.1 Å². The molecular weight excluding hydrogens is 504 g/mol. The van der Waals surface area contributed by atoms with Crippen molar-refractivity contribution in [2.45, 2.75) is 106 Å². The molecule has 12 nitrogen and oxygen atoms in total.